The van der Waals surface area contributed by atoms with E-state index in [2.05, 4.69) is 0 Å². The fraction of sp³-hybridized carbons (Fsp3) is 0.733. The number of likely N-dealkylation sites (tertiary alicyclic amines) is 1. The number of nitrogens with two attached hydrogens (primary N) is 1. The van der Waals surface area contributed by atoms with Crippen molar-refractivity contribution in [3.63, 3.8) is 0 Å². The van der Waals surface area contributed by atoms with Crippen LogP contribution in [0.2, 0.25) is 0 Å². The first kappa shape index (κ1) is 16.7. The first-order valence-electron chi connectivity index (χ1n) is 7.65. The van der Waals surface area contributed by atoms with E-state index >= 15 is 0 Å². The molecule has 1 fully saturated rings. The highest BCUT2D eigenvalue weighted by atomic mass is 19.3. The van der Waals surface area contributed by atoms with Crippen molar-refractivity contribution in [1.82, 2.24) is 4.90 Å². The van der Waals surface area contributed by atoms with Crippen molar-refractivity contribution >= 4 is 11.8 Å². The Morgan fingerprint density at radius 2 is 2.23 bits per heavy atom. The van der Waals surface area contributed by atoms with E-state index in [1.807, 2.05) is 6.92 Å². The molecule has 5 nitrogen and oxygen atoms in total. The van der Waals surface area contributed by atoms with Gasteiger partial charge in [-0.1, -0.05) is 6.92 Å². The van der Waals surface area contributed by atoms with Gasteiger partial charge in [-0.25, -0.2) is 0 Å². The van der Waals surface area contributed by atoms with Crippen LogP contribution in [0.5, 0.6) is 0 Å². The van der Waals surface area contributed by atoms with Gasteiger partial charge in [0.05, 0.1) is 5.70 Å². The van der Waals surface area contributed by atoms with Crippen LogP contribution in [0.3, 0.4) is 0 Å². The molecule has 0 aromatic rings. The van der Waals surface area contributed by atoms with Crippen LogP contribution in [-0.2, 0) is 4.79 Å². The van der Waals surface area contributed by atoms with E-state index in [-0.39, 0.29) is 36.1 Å². The first-order valence-corrected chi connectivity index (χ1v) is 7.65. The zero-order chi connectivity index (χ0) is 16.5. The summed E-state index contributed by atoms with van der Waals surface area (Å²) in [6, 6.07) is 0. The molecule has 0 bridgehead atoms. The lowest BCUT2D eigenvalue weighted by Crippen LogP contribution is -2.45. The summed E-state index contributed by atoms with van der Waals surface area (Å²) in [5, 5.41) is 17.1. The number of piperidine rings is 1. The van der Waals surface area contributed by atoms with E-state index in [1.165, 1.54) is 0 Å². The zero-order valence-electron chi connectivity index (χ0n) is 12.7. The molecule has 0 aromatic carbocycles. The standard InChI is InChI=1S/C15H23F2N3O2/c1-9-8-20(6-4-10(9)7-12(21)22)14(19)11-3-2-5-15(16,17)13(11)18/h9-10,19H,2-8,18H2,1H3,(H,21,22)/t9-,10+/m0/s1. The molecule has 1 heterocycles. The predicted octanol–water partition coefficient (Wildman–Crippen LogP) is 2.43. The molecule has 1 aliphatic carbocycles. The summed E-state index contributed by atoms with van der Waals surface area (Å²) in [6.45, 7) is 2.98. The summed E-state index contributed by atoms with van der Waals surface area (Å²) < 4.78 is 27.4. The second-order valence-corrected chi connectivity index (χ2v) is 6.37. The van der Waals surface area contributed by atoms with Crippen molar-refractivity contribution in [2.24, 2.45) is 17.6 Å². The number of nitrogens with one attached hydrogen (secondary N) is 1. The zero-order valence-corrected chi connectivity index (χ0v) is 12.7. The van der Waals surface area contributed by atoms with Crippen LogP contribution in [0, 0.1) is 17.2 Å². The maximum absolute atomic E-state index is 13.7. The van der Waals surface area contributed by atoms with Crippen LogP contribution in [-0.4, -0.2) is 40.8 Å². The molecule has 22 heavy (non-hydrogen) atoms. The second kappa shape index (κ2) is 6.22. The van der Waals surface area contributed by atoms with Gasteiger partial charge in [0, 0.05) is 31.5 Å². The first-order chi connectivity index (χ1) is 10.2. The Kier molecular flexibility index (Phi) is 4.72. The van der Waals surface area contributed by atoms with Gasteiger partial charge >= 0.3 is 5.97 Å². The summed E-state index contributed by atoms with van der Waals surface area (Å²) in [6.07, 6.45) is 1.25. The van der Waals surface area contributed by atoms with Crippen LogP contribution < -0.4 is 5.73 Å². The highest BCUT2D eigenvalue weighted by Gasteiger charge is 2.40. The lowest BCUT2D eigenvalue weighted by atomic mass is 9.83. The van der Waals surface area contributed by atoms with Crippen molar-refractivity contribution in [1.29, 1.82) is 5.41 Å². The molecule has 0 unspecified atom stereocenters. The average molecular weight is 315 g/mol. The Balaban J connectivity index is 2.07. The van der Waals surface area contributed by atoms with Gasteiger partial charge in [0.15, 0.2) is 0 Å². The second-order valence-electron chi connectivity index (χ2n) is 6.37. The molecule has 0 radical (unpaired) electrons. The molecule has 1 saturated heterocycles. The van der Waals surface area contributed by atoms with Crippen LogP contribution >= 0.6 is 0 Å². The molecule has 2 atom stereocenters. The third-order valence-corrected chi connectivity index (χ3v) is 4.76. The Morgan fingerprint density at radius 1 is 1.55 bits per heavy atom. The number of allylic oxidation sites excluding steroid dienone is 1. The largest absolute Gasteiger partial charge is 0.481 e. The normalized spacial score (nSPS) is 28.6. The van der Waals surface area contributed by atoms with E-state index in [0.29, 0.717) is 32.4 Å². The van der Waals surface area contributed by atoms with Gasteiger partial charge in [-0.15, -0.1) is 0 Å². The number of rotatable bonds is 3. The van der Waals surface area contributed by atoms with Crippen molar-refractivity contribution in [3.8, 4) is 0 Å². The minimum Gasteiger partial charge on any atom is -0.481 e. The SMILES string of the molecule is C[C@H]1CN(C(=N)C2=C(N)C(F)(F)CCC2)CC[C@@H]1CC(=O)O. The van der Waals surface area contributed by atoms with E-state index < -0.39 is 17.6 Å². The Bertz CT molecular complexity index is 505. The van der Waals surface area contributed by atoms with E-state index in [0.717, 1.165) is 0 Å². The molecule has 0 amide bonds. The minimum atomic E-state index is -3.02. The molecule has 1 aliphatic heterocycles. The molecule has 2 rings (SSSR count). The van der Waals surface area contributed by atoms with Crippen LogP contribution in [0.15, 0.2) is 11.3 Å². The highest BCUT2D eigenvalue weighted by molar-refractivity contribution is 5.97. The van der Waals surface area contributed by atoms with Gasteiger partial charge in [-0.05, 0) is 31.1 Å². The molecule has 7 heteroatoms. The number of carbonyl (C=O) groups is 1. The molecule has 2 aliphatic rings. The summed E-state index contributed by atoms with van der Waals surface area (Å²) in [4.78, 5) is 12.6. The number of alkyl halides is 2. The summed E-state index contributed by atoms with van der Waals surface area (Å²) in [5.41, 5.74) is 5.36. The number of aliphatic carboxylic acids is 1. The fourth-order valence-electron chi connectivity index (χ4n) is 3.34. The average Bonchev–Trinajstić information content (AvgIpc) is 2.43. The summed E-state index contributed by atoms with van der Waals surface area (Å²) >= 11 is 0. The predicted molar refractivity (Wildman–Crippen MR) is 78.8 cm³/mol. The quantitative estimate of drug-likeness (QED) is 0.551. The third-order valence-electron chi connectivity index (χ3n) is 4.76. The number of halogens is 2. The van der Waals surface area contributed by atoms with Crippen molar-refractivity contribution in [2.45, 2.75) is 45.0 Å². The molecule has 0 saturated carbocycles. The van der Waals surface area contributed by atoms with Gasteiger partial charge in [-0.3, -0.25) is 10.2 Å². The number of nitrogens with zero attached hydrogens (tertiary/aromatic N) is 1. The maximum Gasteiger partial charge on any atom is 0.303 e. The lowest BCUT2D eigenvalue weighted by molar-refractivity contribution is -0.138. The molecule has 0 spiro atoms. The van der Waals surface area contributed by atoms with E-state index in [9.17, 15) is 13.6 Å². The third kappa shape index (κ3) is 3.39. The monoisotopic (exact) mass is 315 g/mol. The van der Waals surface area contributed by atoms with Gasteiger partial charge in [-0.2, -0.15) is 8.78 Å². The highest BCUT2D eigenvalue weighted by Crippen LogP contribution is 2.37. The van der Waals surface area contributed by atoms with Gasteiger partial charge < -0.3 is 15.7 Å². The molecule has 4 N–H and O–H groups in total. The van der Waals surface area contributed by atoms with Gasteiger partial charge in [0.25, 0.3) is 5.92 Å². The minimum absolute atomic E-state index is 0.0701. The number of hydrogen-bond acceptors (Lipinski definition) is 3. The van der Waals surface area contributed by atoms with Crippen molar-refractivity contribution in [2.75, 3.05) is 13.1 Å². The maximum atomic E-state index is 13.7. The van der Waals surface area contributed by atoms with Crippen LogP contribution in [0.1, 0.15) is 39.0 Å². The van der Waals surface area contributed by atoms with E-state index in [4.69, 9.17) is 16.2 Å². The van der Waals surface area contributed by atoms with Crippen LogP contribution in [0.25, 0.3) is 0 Å². The fourth-order valence-corrected chi connectivity index (χ4v) is 3.34. The number of carboxylic acids is 1. The van der Waals surface area contributed by atoms with Gasteiger partial charge in [0.1, 0.15) is 5.84 Å². The Labute approximate surface area is 128 Å². The van der Waals surface area contributed by atoms with Crippen molar-refractivity contribution in [3.05, 3.63) is 11.3 Å². The molecular weight excluding hydrogens is 292 g/mol. The molecule has 124 valence electrons. The summed E-state index contributed by atoms with van der Waals surface area (Å²) in [5.74, 6) is -3.58. The smallest absolute Gasteiger partial charge is 0.303 e. The summed E-state index contributed by atoms with van der Waals surface area (Å²) in [7, 11) is 0. The Hall–Kier alpha value is -1.66. The lowest BCUT2D eigenvalue weighted by Gasteiger charge is -2.39. The molecular formula is C15H23F2N3O2. The Morgan fingerprint density at radius 3 is 2.82 bits per heavy atom. The topological polar surface area (TPSA) is 90.4 Å². The van der Waals surface area contributed by atoms with Crippen molar-refractivity contribution < 1.29 is 18.7 Å². The number of hydrogen-bond donors (Lipinski definition) is 3. The number of carboxylic acid groups (broad SMARTS) is 1. The number of amidine groups is 1. The molecule has 0 aromatic heterocycles. The van der Waals surface area contributed by atoms with Crippen LogP contribution in [0.4, 0.5) is 8.78 Å². The van der Waals surface area contributed by atoms with Gasteiger partial charge in [0.2, 0.25) is 0 Å². The van der Waals surface area contributed by atoms with E-state index in [1.54, 1.807) is 4.90 Å².